The van der Waals surface area contributed by atoms with Crippen LogP contribution < -0.4 is 15.8 Å². The molecule has 9 nitrogen and oxygen atoms in total. The minimum absolute atomic E-state index is 0.0237. The highest BCUT2D eigenvalue weighted by Crippen LogP contribution is 2.52. The molecule has 1 aliphatic heterocycles. The average molecular weight is 532 g/mol. The van der Waals surface area contributed by atoms with Crippen molar-refractivity contribution in [2.45, 2.75) is 84.5 Å². The molecule has 1 saturated carbocycles. The Kier molecular flexibility index (Phi) is 7.18. The smallest absolute Gasteiger partial charge is 0.408 e. The first-order valence-electron chi connectivity index (χ1n) is 13.1. The van der Waals surface area contributed by atoms with Crippen LogP contribution in [0.5, 0.6) is 5.88 Å². The van der Waals surface area contributed by atoms with Crippen molar-refractivity contribution in [1.82, 2.24) is 15.5 Å². The number of carbonyl (C=O) groups is 1. The zero-order valence-corrected chi connectivity index (χ0v) is 23.7. The number of hydrogen-bond donors (Lipinski definition) is 4. The number of aromatic amines is 1. The molecule has 2 aromatic rings. The summed E-state index contributed by atoms with van der Waals surface area (Å²) in [4.78, 5) is 12.2. The van der Waals surface area contributed by atoms with Gasteiger partial charge < -0.3 is 25.6 Å². The number of aryl methyl sites for hydroxylation is 1. The van der Waals surface area contributed by atoms with Crippen LogP contribution in [0.2, 0.25) is 0 Å². The molecule has 2 aliphatic rings. The van der Waals surface area contributed by atoms with Crippen LogP contribution in [0.15, 0.2) is 29.7 Å². The van der Waals surface area contributed by atoms with E-state index in [1.807, 2.05) is 66.7 Å². The molecule has 1 atom stereocenters. The van der Waals surface area contributed by atoms with Crippen LogP contribution in [0.25, 0.3) is 0 Å². The fraction of sp³-hybridized carbons (Fsp3) is 0.500. The highest BCUT2D eigenvalue weighted by Gasteiger charge is 2.50. The first kappa shape index (κ1) is 28.1. The molecule has 1 aromatic carbocycles. The largest absolute Gasteiger partial charge is 0.444 e. The summed E-state index contributed by atoms with van der Waals surface area (Å²) in [6.45, 7) is 13.2. The Morgan fingerprint density at radius 1 is 1.36 bits per heavy atom. The van der Waals surface area contributed by atoms with Crippen LogP contribution in [0.4, 0.5) is 4.79 Å². The van der Waals surface area contributed by atoms with E-state index >= 15 is 0 Å². The number of aliphatic hydroxyl groups excluding tert-OH is 1. The summed E-state index contributed by atoms with van der Waals surface area (Å²) in [6.07, 6.45) is 0.977. The minimum Gasteiger partial charge on any atom is -0.444 e. The number of nitrogens with two attached hydrogens (primary N) is 1. The third kappa shape index (κ3) is 5.20. The van der Waals surface area contributed by atoms with Crippen molar-refractivity contribution in [3.8, 4) is 23.8 Å². The van der Waals surface area contributed by atoms with Crippen molar-refractivity contribution in [1.29, 1.82) is 5.26 Å². The van der Waals surface area contributed by atoms with Crippen molar-refractivity contribution in [3.05, 3.63) is 57.6 Å². The summed E-state index contributed by atoms with van der Waals surface area (Å²) in [5.74, 6) is 7.02. The van der Waals surface area contributed by atoms with Gasteiger partial charge in [0.05, 0.1) is 23.3 Å². The second-order valence-corrected chi connectivity index (χ2v) is 12.1. The molecule has 1 aliphatic carbocycles. The Hall–Kier alpha value is -3.95. The summed E-state index contributed by atoms with van der Waals surface area (Å²) in [5, 5.41) is 30.6. The predicted octanol–water partition coefficient (Wildman–Crippen LogP) is 4.28. The number of allylic oxidation sites excluding steroid dienone is 1. The summed E-state index contributed by atoms with van der Waals surface area (Å²) < 4.78 is 11.1. The first-order valence-corrected chi connectivity index (χ1v) is 13.1. The lowest BCUT2D eigenvalue weighted by Crippen LogP contribution is -2.55. The van der Waals surface area contributed by atoms with E-state index in [0.29, 0.717) is 35.6 Å². The maximum atomic E-state index is 12.2. The Labute approximate surface area is 229 Å². The maximum absolute atomic E-state index is 12.2. The van der Waals surface area contributed by atoms with Gasteiger partial charge in [-0.05, 0) is 76.6 Å². The van der Waals surface area contributed by atoms with Crippen LogP contribution in [0, 0.1) is 41.9 Å². The molecule has 4 rings (SSSR count). The molecule has 1 amide bonds. The van der Waals surface area contributed by atoms with E-state index in [9.17, 15) is 15.2 Å². The summed E-state index contributed by atoms with van der Waals surface area (Å²) >= 11 is 0. The van der Waals surface area contributed by atoms with Crippen molar-refractivity contribution >= 4 is 6.09 Å². The monoisotopic (exact) mass is 531 g/mol. The van der Waals surface area contributed by atoms with Gasteiger partial charge in [0.2, 0.25) is 11.8 Å². The number of ether oxygens (including phenoxy) is 2. The predicted molar refractivity (Wildman–Crippen MR) is 146 cm³/mol. The van der Waals surface area contributed by atoms with Gasteiger partial charge in [0.15, 0.2) is 0 Å². The van der Waals surface area contributed by atoms with Gasteiger partial charge in [-0.15, -0.1) is 0 Å². The van der Waals surface area contributed by atoms with E-state index in [0.717, 1.165) is 16.7 Å². The molecular weight excluding hydrogens is 494 g/mol. The lowest BCUT2D eigenvalue weighted by atomic mass is 9.61. The molecule has 39 heavy (non-hydrogen) atoms. The number of benzene rings is 1. The van der Waals surface area contributed by atoms with Crippen molar-refractivity contribution in [3.63, 3.8) is 0 Å². The number of rotatable bonds is 4. The van der Waals surface area contributed by atoms with Gasteiger partial charge >= 0.3 is 6.09 Å². The third-order valence-electron chi connectivity index (χ3n) is 7.39. The second kappa shape index (κ2) is 9.98. The number of aliphatic hydroxyl groups is 1. The highest BCUT2D eigenvalue weighted by atomic mass is 16.6. The second-order valence-electron chi connectivity index (χ2n) is 12.1. The fourth-order valence-corrected chi connectivity index (χ4v) is 5.82. The normalized spacial score (nSPS) is 24.1. The number of nitriles is 1. The number of nitrogens with zero attached hydrogens (tertiary/aromatic N) is 2. The zero-order chi connectivity index (χ0) is 28.8. The van der Waals surface area contributed by atoms with E-state index in [4.69, 9.17) is 15.2 Å². The van der Waals surface area contributed by atoms with Crippen LogP contribution in [-0.4, -0.2) is 32.5 Å². The molecule has 206 valence electrons. The van der Waals surface area contributed by atoms with Crippen LogP contribution >= 0.6 is 0 Å². The molecule has 0 spiro atoms. The molecular formula is C30H37N5O4. The number of carbonyl (C=O) groups excluding carboxylic acids is 1. The summed E-state index contributed by atoms with van der Waals surface area (Å²) in [5.41, 5.74) is 8.31. The third-order valence-corrected chi connectivity index (χ3v) is 7.39. The van der Waals surface area contributed by atoms with E-state index in [-0.39, 0.29) is 29.9 Å². The lowest BCUT2D eigenvalue weighted by Gasteiger charge is -2.43. The SMILES string of the molecule is Cc1n[nH]c2c1C(c1cc(C#C[C@H]3C[C@@](C)(NC(=O)OC(C)(C)C)C3)cc(CO)c1)(C(C)C)C(C#N)=C(N)O2. The molecule has 0 bridgehead atoms. The molecule has 0 saturated heterocycles. The number of aromatic nitrogens is 2. The molecule has 5 N–H and O–H groups in total. The van der Waals surface area contributed by atoms with Crippen molar-refractivity contribution in [2.24, 2.45) is 17.6 Å². The van der Waals surface area contributed by atoms with Crippen LogP contribution in [0.1, 0.15) is 82.3 Å². The number of hydrogen-bond acceptors (Lipinski definition) is 7. The number of nitrogens with one attached hydrogen (secondary N) is 2. The van der Waals surface area contributed by atoms with Crippen molar-refractivity contribution in [2.75, 3.05) is 0 Å². The lowest BCUT2D eigenvalue weighted by molar-refractivity contribution is 0.0370. The summed E-state index contributed by atoms with van der Waals surface area (Å²) in [6, 6.07) is 7.99. The molecule has 1 aromatic heterocycles. The van der Waals surface area contributed by atoms with Gasteiger partial charge in [-0.2, -0.15) is 10.4 Å². The van der Waals surface area contributed by atoms with Crippen LogP contribution in [-0.2, 0) is 16.8 Å². The molecule has 9 heteroatoms. The zero-order valence-electron chi connectivity index (χ0n) is 23.7. The molecule has 0 radical (unpaired) electrons. The Morgan fingerprint density at radius 3 is 2.64 bits per heavy atom. The minimum atomic E-state index is -0.947. The van der Waals surface area contributed by atoms with Crippen LogP contribution in [0.3, 0.4) is 0 Å². The average Bonchev–Trinajstić information content (AvgIpc) is 3.18. The van der Waals surface area contributed by atoms with Gasteiger partial charge in [-0.3, -0.25) is 0 Å². The van der Waals surface area contributed by atoms with E-state index < -0.39 is 17.1 Å². The fourth-order valence-electron chi connectivity index (χ4n) is 5.82. The number of amides is 1. The quantitative estimate of drug-likeness (QED) is 0.431. The standard InChI is InChI=1S/C30H37N5O4/c1-17(2)30(23(15-31)25(32)38-26-24(30)18(3)34-35-26)22-11-19(10-21(12-22)16-36)8-9-20-13-29(7,14-20)33-27(37)39-28(4,5)6/h10-12,17,20,36H,13-14,16,32H2,1-7H3,(H,33,37)(H,34,35)/t20-,29+,30?. The number of alkyl carbamates (subject to hydrolysis) is 1. The van der Waals surface area contributed by atoms with Gasteiger partial charge in [0.25, 0.3) is 0 Å². The van der Waals surface area contributed by atoms with Gasteiger partial charge in [-0.25, -0.2) is 9.89 Å². The molecule has 1 fully saturated rings. The van der Waals surface area contributed by atoms with Crippen molar-refractivity contribution < 1.29 is 19.4 Å². The molecule has 2 heterocycles. The number of fused-ring (bicyclic) bond motifs is 1. The van der Waals surface area contributed by atoms with E-state index in [1.165, 1.54) is 0 Å². The van der Waals surface area contributed by atoms with Gasteiger partial charge in [0.1, 0.15) is 17.2 Å². The molecule has 1 unspecified atom stereocenters. The highest BCUT2D eigenvalue weighted by molar-refractivity contribution is 5.69. The summed E-state index contributed by atoms with van der Waals surface area (Å²) in [7, 11) is 0. The topological polar surface area (TPSA) is 146 Å². The van der Waals surface area contributed by atoms with Gasteiger partial charge in [-0.1, -0.05) is 31.8 Å². The first-order chi connectivity index (χ1) is 18.2. The van der Waals surface area contributed by atoms with E-state index in [2.05, 4.69) is 33.4 Å². The number of H-pyrrole nitrogens is 1. The Morgan fingerprint density at radius 2 is 2.05 bits per heavy atom. The maximum Gasteiger partial charge on any atom is 0.408 e. The Bertz CT molecular complexity index is 1420. The Balaban J connectivity index is 1.69. The van der Waals surface area contributed by atoms with E-state index in [1.54, 1.807) is 0 Å². The van der Waals surface area contributed by atoms with Gasteiger partial charge in [0, 0.05) is 17.0 Å².